The summed E-state index contributed by atoms with van der Waals surface area (Å²) in [5.74, 6) is 1.01. The van der Waals surface area contributed by atoms with Crippen LogP contribution in [0.3, 0.4) is 0 Å². The Bertz CT molecular complexity index is 1780. The van der Waals surface area contributed by atoms with Gasteiger partial charge in [-0.15, -0.1) is 17.4 Å². The van der Waals surface area contributed by atoms with E-state index < -0.39 is 0 Å². The maximum Gasteiger partial charge on any atom is -1.00 e. The summed E-state index contributed by atoms with van der Waals surface area (Å²) < 4.78 is 1.46. The van der Waals surface area contributed by atoms with Crippen LogP contribution >= 0.6 is 0 Å². The number of benzene rings is 1. The maximum atomic E-state index is 3.37. The molecule has 0 amide bonds. The number of halogens is 2. The van der Waals surface area contributed by atoms with Gasteiger partial charge in [0.15, 0.2) is 0 Å². The third-order valence-corrected chi connectivity index (χ3v) is 17.5. The molecule has 0 aromatic heterocycles. The maximum absolute atomic E-state index is 3.37. The molecular weight excluding hydrogens is 763 g/mol. The van der Waals surface area contributed by atoms with E-state index in [1.54, 1.807) is 5.57 Å². The van der Waals surface area contributed by atoms with E-state index in [1.165, 1.54) is 70.7 Å². The minimum atomic E-state index is 0. The molecule has 9 unspecified atom stereocenters. The molecule has 1 aromatic rings. The van der Waals surface area contributed by atoms with Crippen molar-refractivity contribution in [1.29, 1.82) is 0 Å². The molecule has 1 aromatic carbocycles. The molecule has 9 atom stereocenters. The normalized spacial score (nSPS) is 41.7. The van der Waals surface area contributed by atoms with Gasteiger partial charge >= 0.3 is 70.3 Å². The minimum absolute atomic E-state index is 0. The zero-order chi connectivity index (χ0) is 37.1. The van der Waals surface area contributed by atoms with Crippen LogP contribution in [0.15, 0.2) is 120 Å². The number of hydrogen-bond acceptors (Lipinski definition) is 0. The van der Waals surface area contributed by atoms with Crippen LogP contribution in [0.5, 0.6) is 0 Å². The van der Waals surface area contributed by atoms with Crippen molar-refractivity contribution in [2.75, 3.05) is 0 Å². The summed E-state index contributed by atoms with van der Waals surface area (Å²) in [4.78, 5) is 0. The van der Waals surface area contributed by atoms with Crippen LogP contribution in [-0.4, -0.2) is 3.21 Å². The SMILES string of the molecule is CC1=CC=CC2[CH-]C3(C)C4(C)C=CC=CC4(C)C4(C)C=CC=CC4(C)C3(C)C12C.CC1[C-]=CC(C2(C)CCCCC2)=C1.C[C](=[Zr+2])c1ccccc1.[Cl-].[Cl-]. The molecule has 7 aliphatic rings. The Balaban J connectivity index is 0.000000216. The monoisotopic (exact) mass is 824 g/mol. The van der Waals surface area contributed by atoms with Gasteiger partial charge in [0.1, 0.15) is 0 Å². The van der Waals surface area contributed by atoms with Crippen molar-refractivity contribution in [3.8, 4) is 0 Å². The van der Waals surface area contributed by atoms with Crippen LogP contribution in [0.2, 0.25) is 0 Å². The standard InChI is InChI=1S/C29H37.C13H19.C8H8.2ClH.Zr/c1-21-14-13-15-22-20-27(6)25(4)18-10-9-16-23(25,2)24(3)17-11-12-19-26(24,5)29(27,8)28(21,22)7;1-11-6-7-12(10-11)13(2)8-4-3-5-9-13;1-2-8-6-4-3-5-7-8;;;/h9-20,22H,1-8H3;7,10-11H,3-5,8-9H2,1-2H3;3-7H,1H3;2*1H;/q2*-1;;;;+2/p-2. The first kappa shape index (κ1) is 44.2. The van der Waals surface area contributed by atoms with Crippen molar-refractivity contribution >= 4 is 3.21 Å². The van der Waals surface area contributed by atoms with Gasteiger partial charge < -0.3 is 31.2 Å². The van der Waals surface area contributed by atoms with Gasteiger partial charge in [-0.1, -0.05) is 172 Å². The van der Waals surface area contributed by atoms with E-state index >= 15 is 0 Å². The van der Waals surface area contributed by atoms with Crippen molar-refractivity contribution in [2.45, 2.75) is 108 Å². The summed E-state index contributed by atoms with van der Waals surface area (Å²) in [5.41, 5.74) is 5.14. The van der Waals surface area contributed by atoms with Crippen LogP contribution < -0.4 is 24.8 Å². The van der Waals surface area contributed by atoms with Crippen LogP contribution in [0.4, 0.5) is 0 Å². The summed E-state index contributed by atoms with van der Waals surface area (Å²) in [6.45, 7) is 27.1. The van der Waals surface area contributed by atoms with Gasteiger partial charge in [-0.25, -0.2) is 6.08 Å². The second-order valence-corrected chi connectivity index (χ2v) is 20.4. The largest absolute Gasteiger partial charge is 1.00 e. The first-order valence-corrected chi connectivity index (χ1v) is 21.0. The fraction of sp³-hybridized carbons (Fsp3) is 0.520. The zero-order valence-electron chi connectivity index (χ0n) is 34.4. The Morgan fingerprint density at radius 1 is 0.736 bits per heavy atom. The van der Waals surface area contributed by atoms with Gasteiger partial charge in [-0.05, 0) is 28.6 Å². The molecule has 0 spiro atoms. The topological polar surface area (TPSA) is 0 Å². The van der Waals surface area contributed by atoms with Crippen molar-refractivity contribution in [2.24, 2.45) is 55.2 Å². The molecule has 8 rings (SSSR count). The summed E-state index contributed by atoms with van der Waals surface area (Å²) in [5, 5.41) is 0. The van der Waals surface area contributed by atoms with Crippen molar-refractivity contribution in [1.82, 2.24) is 0 Å². The van der Waals surface area contributed by atoms with E-state index in [0.717, 1.165) is 0 Å². The second kappa shape index (κ2) is 15.4. The molecule has 3 heteroatoms. The molecular formula is C50H64Cl2Zr-2. The van der Waals surface area contributed by atoms with Crippen LogP contribution in [0.1, 0.15) is 114 Å². The molecule has 7 aliphatic carbocycles. The zero-order valence-corrected chi connectivity index (χ0v) is 38.4. The molecule has 0 saturated heterocycles. The van der Waals surface area contributed by atoms with Gasteiger partial charge in [0.25, 0.3) is 0 Å². The van der Waals surface area contributed by atoms with E-state index in [0.29, 0.717) is 17.3 Å². The Kier molecular flexibility index (Phi) is 12.9. The Morgan fingerprint density at radius 3 is 1.77 bits per heavy atom. The molecule has 0 bridgehead atoms. The first-order chi connectivity index (χ1) is 23.9. The third-order valence-electron chi connectivity index (χ3n) is 16.8. The van der Waals surface area contributed by atoms with Crippen LogP contribution in [0, 0.1) is 67.7 Å². The van der Waals surface area contributed by atoms with Gasteiger partial charge in [-0.2, -0.15) is 11.6 Å². The fourth-order valence-corrected chi connectivity index (χ4v) is 12.9. The second-order valence-electron chi connectivity index (χ2n) is 18.5. The third kappa shape index (κ3) is 6.10. The van der Waals surface area contributed by atoms with Crippen LogP contribution in [0.25, 0.3) is 0 Å². The number of hydrogen-bond donors (Lipinski definition) is 0. The average molecular weight is 827 g/mol. The van der Waals surface area contributed by atoms with Gasteiger partial charge in [0, 0.05) is 10.8 Å². The minimum Gasteiger partial charge on any atom is -1.00 e. The molecule has 0 N–H and O–H groups in total. The number of rotatable bonds is 2. The van der Waals surface area contributed by atoms with E-state index in [4.69, 9.17) is 0 Å². The molecule has 0 radical (unpaired) electrons. The Hall–Kier alpha value is -1.53. The van der Waals surface area contributed by atoms with Crippen molar-refractivity contribution in [3.63, 3.8) is 0 Å². The van der Waals surface area contributed by atoms with E-state index in [9.17, 15) is 0 Å². The quantitative estimate of drug-likeness (QED) is 0.275. The fourth-order valence-electron chi connectivity index (χ4n) is 12.5. The number of fused-ring (bicyclic) bond motifs is 8. The summed E-state index contributed by atoms with van der Waals surface area (Å²) in [7, 11) is 0. The van der Waals surface area contributed by atoms with Crippen molar-refractivity contribution in [3.05, 3.63) is 139 Å². The van der Waals surface area contributed by atoms with Crippen LogP contribution in [-0.2, 0) is 24.2 Å². The summed E-state index contributed by atoms with van der Waals surface area (Å²) >= 11 is 1.51. The molecule has 3 fully saturated rings. The molecule has 284 valence electrons. The van der Waals surface area contributed by atoms with Gasteiger partial charge in [0.05, 0.1) is 0 Å². The number of allylic oxidation sites excluding steroid dienone is 16. The molecule has 0 nitrogen and oxygen atoms in total. The predicted molar refractivity (Wildman–Crippen MR) is 216 cm³/mol. The van der Waals surface area contributed by atoms with E-state index in [2.05, 4.69) is 192 Å². The van der Waals surface area contributed by atoms with E-state index in [1.807, 2.05) is 6.07 Å². The Morgan fingerprint density at radius 2 is 1.26 bits per heavy atom. The molecule has 0 heterocycles. The molecule has 3 saturated carbocycles. The predicted octanol–water partition coefficient (Wildman–Crippen LogP) is 7.32. The summed E-state index contributed by atoms with van der Waals surface area (Å²) in [6, 6.07) is 10.5. The smallest absolute Gasteiger partial charge is 1.00 e. The van der Waals surface area contributed by atoms with E-state index in [-0.39, 0.29) is 62.7 Å². The molecule has 0 aliphatic heterocycles. The Labute approximate surface area is 351 Å². The first-order valence-electron chi connectivity index (χ1n) is 19.8. The van der Waals surface area contributed by atoms with Gasteiger partial charge in [-0.3, -0.25) is 6.08 Å². The van der Waals surface area contributed by atoms with Gasteiger partial charge in [0.2, 0.25) is 0 Å². The average Bonchev–Trinajstić information content (AvgIpc) is 3.64. The van der Waals surface area contributed by atoms with Crippen molar-refractivity contribution < 1.29 is 49.0 Å². The molecule has 53 heavy (non-hydrogen) atoms. The summed E-state index contributed by atoms with van der Waals surface area (Å²) in [6.07, 6.45) is 44.3.